The molecule has 0 aliphatic carbocycles. The Morgan fingerprint density at radius 1 is 1.26 bits per heavy atom. The molecule has 1 rings (SSSR count). The van der Waals surface area contributed by atoms with E-state index in [9.17, 15) is 14.0 Å². The van der Waals surface area contributed by atoms with Gasteiger partial charge in [0.25, 0.3) is 0 Å². The second-order valence-electron chi connectivity index (χ2n) is 5.29. The second kappa shape index (κ2) is 10.2. The maximum Gasteiger partial charge on any atom is 0.304 e. The normalized spacial score (nSPS) is 11.7. The molecule has 1 amide bonds. The Labute approximate surface area is 142 Å². The van der Waals surface area contributed by atoms with Gasteiger partial charge in [-0.1, -0.05) is 12.1 Å². The van der Waals surface area contributed by atoms with Gasteiger partial charge in [0.2, 0.25) is 5.91 Å². The van der Waals surface area contributed by atoms with Crippen LogP contribution in [0.4, 0.5) is 4.39 Å². The fraction of sp³-hybridized carbons (Fsp3) is 0.500. The minimum absolute atomic E-state index is 0. The van der Waals surface area contributed by atoms with Gasteiger partial charge in [-0.3, -0.25) is 14.5 Å². The fourth-order valence-electron chi connectivity index (χ4n) is 2.27. The molecule has 1 N–H and O–H groups in total. The molecular formula is C16H24ClFN2O3. The molecule has 23 heavy (non-hydrogen) atoms. The number of hydrogen-bond donors (Lipinski definition) is 1. The summed E-state index contributed by atoms with van der Waals surface area (Å²) < 4.78 is 13.0. The SMILES string of the molecule is CCN(C(=O)CN(C)CCC(=O)O)C(C)c1ccc(F)cc1.Cl. The van der Waals surface area contributed by atoms with Crippen LogP contribution in [0.25, 0.3) is 0 Å². The van der Waals surface area contributed by atoms with Crippen LogP contribution in [0.15, 0.2) is 24.3 Å². The average molecular weight is 347 g/mol. The molecule has 0 bridgehead atoms. The fourth-order valence-corrected chi connectivity index (χ4v) is 2.27. The number of carboxylic acid groups (broad SMARTS) is 1. The van der Waals surface area contributed by atoms with Gasteiger partial charge in [0, 0.05) is 13.1 Å². The van der Waals surface area contributed by atoms with Crippen LogP contribution < -0.4 is 0 Å². The van der Waals surface area contributed by atoms with Crippen molar-refractivity contribution in [3.05, 3.63) is 35.6 Å². The summed E-state index contributed by atoms with van der Waals surface area (Å²) in [5.74, 6) is -1.27. The van der Waals surface area contributed by atoms with Gasteiger partial charge in [-0.15, -0.1) is 12.4 Å². The van der Waals surface area contributed by atoms with Gasteiger partial charge < -0.3 is 10.0 Å². The van der Waals surface area contributed by atoms with Crippen LogP contribution in [0, 0.1) is 5.82 Å². The van der Waals surface area contributed by atoms with E-state index in [0.29, 0.717) is 13.1 Å². The first-order valence-electron chi connectivity index (χ1n) is 7.30. The molecule has 5 nitrogen and oxygen atoms in total. The summed E-state index contributed by atoms with van der Waals surface area (Å²) in [6, 6.07) is 5.94. The number of aliphatic carboxylic acids is 1. The van der Waals surface area contributed by atoms with Crippen molar-refractivity contribution in [3.8, 4) is 0 Å². The maximum absolute atomic E-state index is 13.0. The Hall–Kier alpha value is -1.66. The van der Waals surface area contributed by atoms with E-state index in [1.807, 2.05) is 13.8 Å². The Morgan fingerprint density at radius 2 is 1.83 bits per heavy atom. The minimum Gasteiger partial charge on any atom is -0.481 e. The summed E-state index contributed by atoms with van der Waals surface area (Å²) in [6.07, 6.45) is 0.00339. The standard InChI is InChI=1S/C16H23FN2O3.ClH/c1-4-19(12(2)13-5-7-14(17)8-6-13)15(20)11-18(3)10-9-16(21)22;/h5-8,12H,4,9-11H2,1-3H3,(H,21,22);1H. The number of benzene rings is 1. The summed E-state index contributed by atoms with van der Waals surface area (Å²) in [4.78, 5) is 26.3. The van der Waals surface area contributed by atoms with Crippen LogP contribution in [-0.4, -0.2) is 53.5 Å². The van der Waals surface area contributed by atoms with E-state index in [4.69, 9.17) is 5.11 Å². The molecule has 1 unspecified atom stereocenters. The molecule has 0 aliphatic heterocycles. The van der Waals surface area contributed by atoms with E-state index in [2.05, 4.69) is 0 Å². The lowest BCUT2D eigenvalue weighted by atomic mass is 10.1. The number of carboxylic acids is 1. The summed E-state index contributed by atoms with van der Waals surface area (Å²) in [6.45, 7) is 4.79. The molecule has 0 spiro atoms. The van der Waals surface area contributed by atoms with Crippen molar-refractivity contribution in [2.24, 2.45) is 0 Å². The largest absolute Gasteiger partial charge is 0.481 e. The zero-order valence-corrected chi connectivity index (χ0v) is 14.5. The van der Waals surface area contributed by atoms with Crippen LogP contribution >= 0.6 is 12.4 Å². The van der Waals surface area contributed by atoms with E-state index in [-0.39, 0.29) is 43.1 Å². The van der Waals surface area contributed by atoms with Gasteiger partial charge >= 0.3 is 5.97 Å². The first-order chi connectivity index (χ1) is 10.3. The molecule has 130 valence electrons. The van der Waals surface area contributed by atoms with Crippen molar-refractivity contribution in [1.82, 2.24) is 9.80 Å². The highest BCUT2D eigenvalue weighted by molar-refractivity contribution is 5.85. The van der Waals surface area contributed by atoms with Crippen LogP contribution in [0.3, 0.4) is 0 Å². The van der Waals surface area contributed by atoms with Crippen molar-refractivity contribution in [2.45, 2.75) is 26.3 Å². The lowest BCUT2D eigenvalue weighted by Crippen LogP contribution is -2.40. The first kappa shape index (κ1) is 21.3. The van der Waals surface area contributed by atoms with Crippen molar-refractivity contribution in [1.29, 1.82) is 0 Å². The van der Waals surface area contributed by atoms with Crippen LogP contribution in [0.5, 0.6) is 0 Å². The molecule has 0 saturated heterocycles. The lowest BCUT2D eigenvalue weighted by Gasteiger charge is -2.30. The molecular weight excluding hydrogens is 323 g/mol. The monoisotopic (exact) mass is 346 g/mol. The summed E-state index contributed by atoms with van der Waals surface area (Å²) in [5, 5.41) is 8.66. The van der Waals surface area contributed by atoms with Crippen LogP contribution in [0.2, 0.25) is 0 Å². The molecule has 0 radical (unpaired) electrons. The minimum atomic E-state index is -0.883. The Balaban J connectivity index is 0.00000484. The zero-order chi connectivity index (χ0) is 16.7. The second-order valence-corrected chi connectivity index (χ2v) is 5.29. The molecule has 1 atom stereocenters. The third-order valence-electron chi connectivity index (χ3n) is 3.59. The molecule has 1 aromatic carbocycles. The van der Waals surface area contributed by atoms with Gasteiger partial charge in [0.05, 0.1) is 19.0 Å². The van der Waals surface area contributed by atoms with E-state index >= 15 is 0 Å². The van der Waals surface area contributed by atoms with Crippen molar-refractivity contribution in [2.75, 3.05) is 26.7 Å². The Kier molecular flexibility index (Phi) is 9.44. The zero-order valence-electron chi connectivity index (χ0n) is 13.7. The molecule has 0 saturated carbocycles. The number of likely N-dealkylation sites (N-methyl/N-ethyl adjacent to an activating group) is 2. The molecule has 0 aromatic heterocycles. The quantitative estimate of drug-likeness (QED) is 0.786. The number of carbonyl (C=O) groups is 2. The first-order valence-corrected chi connectivity index (χ1v) is 7.30. The van der Waals surface area contributed by atoms with Gasteiger partial charge in [0.1, 0.15) is 5.82 Å². The van der Waals surface area contributed by atoms with Crippen molar-refractivity contribution >= 4 is 24.3 Å². The van der Waals surface area contributed by atoms with E-state index in [0.717, 1.165) is 5.56 Å². The maximum atomic E-state index is 13.0. The van der Waals surface area contributed by atoms with E-state index < -0.39 is 5.97 Å². The van der Waals surface area contributed by atoms with Gasteiger partial charge in [-0.05, 0) is 38.6 Å². The number of amides is 1. The number of nitrogens with zero attached hydrogens (tertiary/aromatic N) is 2. The summed E-state index contributed by atoms with van der Waals surface area (Å²) in [7, 11) is 1.72. The van der Waals surface area contributed by atoms with Crippen LogP contribution in [-0.2, 0) is 9.59 Å². The number of rotatable bonds is 8. The highest BCUT2D eigenvalue weighted by atomic mass is 35.5. The predicted octanol–water partition coefficient (Wildman–Crippen LogP) is 2.56. The Bertz CT molecular complexity index is 511. The van der Waals surface area contributed by atoms with Crippen molar-refractivity contribution < 1.29 is 19.1 Å². The topological polar surface area (TPSA) is 60.9 Å². The van der Waals surface area contributed by atoms with Crippen molar-refractivity contribution in [3.63, 3.8) is 0 Å². The summed E-state index contributed by atoms with van der Waals surface area (Å²) >= 11 is 0. The molecule has 0 heterocycles. The average Bonchev–Trinajstić information content (AvgIpc) is 2.46. The van der Waals surface area contributed by atoms with E-state index in [1.165, 1.54) is 12.1 Å². The molecule has 7 heteroatoms. The predicted molar refractivity (Wildman–Crippen MR) is 89.2 cm³/mol. The van der Waals surface area contributed by atoms with E-state index in [1.54, 1.807) is 29.0 Å². The molecule has 1 aromatic rings. The number of halogens is 2. The van der Waals surface area contributed by atoms with Crippen LogP contribution in [0.1, 0.15) is 31.9 Å². The van der Waals surface area contributed by atoms with Gasteiger partial charge in [0.15, 0.2) is 0 Å². The van der Waals surface area contributed by atoms with Gasteiger partial charge in [-0.2, -0.15) is 0 Å². The molecule has 0 aliphatic rings. The molecule has 0 fully saturated rings. The third-order valence-corrected chi connectivity index (χ3v) is 3.59. The van der Waals surface area contributed by atoms with Gasteiger partial charge in [-0.25, -0.2) is 4.39 Å². The third kappa shape index (κ3) is 6.97. The summed E-state index contributed by atoms with van der Waals surface area (Å²) in [5.41, 5.74) is 0.866. The Morgan fingerprint density at radius 3 is 2.30 bits per heavy atom. The number of hydrogen-bond acceptors (Lipinski definition) is 3. The lowest BCUT2D eigenvalue weighted by molar-refractivity contribution is -0.139. The smallest absolute Gasteiger partial charge is 0.304 e. The highest BCUT2D eigenvalue weighted by Gasteiger charge is 2.21. The highest BCUT2D eigenvalue weighted by Crippen LogP contribution is 2.20. The number of carbonyl (C=O) groups excluding carboxylic acids is 1.